The van der Waals surface area contributed by atoms with Crippen molar-refractivity contribution in [3.63, 3.8) is 0 Å². The zero-order valence-corrected chi connectivity index (χ0v) is 16.5. The Morgan fingerprint density at radius 3 is 2.73 bits per heavy atom. The van der Waals surface area contributed by atoms with Gasteiger partial charge in [-0.2, -0.15) is 5.26 Å². The van der Waals surface area contributed by atoms with E-state index in [1.165, 1.54) is 0 Å². The number of fused-ring (bicyclic) bond motifs is 3. The second-order valence-electron chi connectivity index (χ2n) is 7.58. The average molecular weight is 418 g/mol. The number of nitrogens with two attached hydrogens (primary N) is 1. The third kappa shape index (κ3) is 2.36. The maximum absolute atomic E-state index is 13.5. The Kier molecular flexibility index (Phi) is 3.99. The lowest BCUT2D eigenvalue weighted by molar-refractivity contribution is -0.123. The molecular weight excluding hydrogens is 402 g/mol. The topological polar surface area (TPSA) is 105 Å². The smallest absolute Gasteiger partial charge is 0.245 e. The second-order valence-corrected chi connectivity index (χ2v) is 8.02. The van der Waals surface area contributed by atoms with Crippen LogP contribution in [0.1, 0.15) is 29.9 Å². The molecule has 6 nitrogen and oxygen atoms in total. The molecule has 7 heteroatoms. The molecule has 3 aliphatic rings. The van der Waals surface area contributed by atoms with Gasteiger partial charge in [0.05, 0.1) is 5.57 Å². The van der Waals surface area contributed by atoms with Crippen LogP contribution in [0.5, 0.6) is 0 Å². The standard InChI is InChI=1S/C23H16ClN3O3/c24-14-5-3-4-12(8-14)13-9-18(28)20-19(10-13)30-21(26)16(11-25)23(20)15-6-1-2-7-17(15)27-22(23)29/h1-8,13H,9-10,26H2,(H,27,29)/t13-,23-/m1/s1. The molecule has 2 heterocycles. The molecule has 1 amide bonds. The lowest BCUT2D eigenvalue weighted by atomic mass is 9.63. The number of rotatable bonds is 1. The lowest BCUT2D eigenvalue weighted by Crippen LogP contribution is -2.47. The number of nitrogens with zero attached hydrogens (tertiary/aromatic N) is 1. The highest BCUT2D eigenvalue weighted by Crippen LogP contribution is 2.55. The summed E-state index contributed by atoms with van der Waals surface area (Å²) >= 11 is 6.13. The summed E-state index contributed by atoms with van der Waals surface area (Å²) in [6, 6.07) is 16.4. The average Bonchev–Trinajstić information content (AvgIpc) is 3.00. The molecule has 30 heavy (non-hydrogen) atoms. The first kappa shape index (κ1) is 18.5. The Hall–Kier alpha value is -3.56. The highest BCUT2D eigenvalue weighted by atomic mass is 35.5. The van der Waals surface area contributed by atoms with E-state index in [0.717, 1.165) is 5.56 Å². The van der Waals surface area contributed by atoms with E-state index in [1.54, 1.807) is 30.3 Å². The summed E-state index contributed by atoms with van der Waals surface area (Å²) in [6.45, 7) is 0. The van der Waals surface area contributed by atoms with Crippen LogP contribution in [0.2, 0.25) is 5.02 Å². The van der Waals surface area contributed by atoms with E-state index in [9.17, 15) is 14.9 Å². The van der Waals surface area contributed by atoms with Crippen molar-refractivity contribution in [1.29, 1.82) is 5.26 Å². The van der Waals surface area contributed by atoms with Gasteiger partial charge in [0.2, 0.25) is 11.8 Å². The van der Waals surface area contributed by atoms with Crippen molar-refractivity contribution < 1.29 is 14.3 Å². The van der Waals surface area contributed by atoms with Gasteiger partial charge in [-0.25, -0.2) is 0 Å². The lowest BCUT2D eigenvalue weighted by Gasteiger charge is -2.38. The molecule has 0 radical (unpaired) electrons. The van der Waals surface area contributed by atoms with Crippen LogP contribution in [0, 0.1) is 11.3 Å². The molecule has 0 saturated heterocycles. The van der Waals surface area contributed by atoms with Gasteiger partial charge in [-0.05, 0) is 29.7 Å². The normalized spacial score (nSPS) is 24.9. The maximum atomic E-state index is 13.5. The molecule has 2 aromatic rings. The van der Waals surface area contributed by atoms with Gasteiger partial charge >= 0.3 is 0 Å². The molecule has 0 fully saturated rings. The van der Waals surface area contributed by atoms with Gasteiger partial charge in [-0.3, -0.25) is 9.59 Å². The number of anilines is 1. The number of benzene rings is 2. The van der Waals surface area contributed by atoms with Crippen molar-refractivity contribution in [3.05, 3.63) is 87.5 Å². The monoisotopic (exact) mass is 417 g/mol. The quantitative estimate of drug-likeness (QED) is 0.736. The number of para-hydroxylation sites is 1. The SMILES string of the molecule is N#CC1=C(N)OC2=C(C(=O)C[C@@H](c3cccc(Cl)c3)C2)[C@]12C(=O)Nc1ccccc12. The Balaban J connectivity index is 1.72. The van der Waals surface area contributed by atoms with E-state index < -0.39 is 11.3 Å². The van der Waals surface area contributed by atoms with Gasteiger partial charge in [0.1, 0.15) is 22.8 Å². The highest BCUT2D eigenvalue weighted by molar-refractivity contribution is 6.30. The van der Waals surface area contributed by atoms with Crippen molar-refractivity contribution in [3.8, 4) is 6.07 Å². The van der Waals surface area contributed by atoms with Crippen LogP contribution < -0.4 is 11.1 Å². The van der Waals surface area contributed by atoms with Gasteiger partial charge in [0.15, 0.2) is 5.78 Å². The van der Waals surface area contributed by atoms with Crippen LogP contribution in [-0.4, -0.2) is 11.7 Å². The molecule has 0 bridgehead atoms. The van der Waals surface area contributed by atoms with Gasteiger partial charge < -0.3 is 15.8 Å². The van der Waals surface area contributed by atoms with Gasteiger partial charge in [0, 0.05) is 29.1 Å². The summed E-state index contributed by atoms with van der Waals surface area (Å²) in [6.07, 6.45) is 0.552. The fourth-order valence-corrected chi connectivity index (χ4v) is 4.97. The minimum atomic E-state index is -1.58. The third-order valence-electron chi connectivity index (χ3n) is 6.00. The highest BCUT2D eigenvalue weighted by Gasteiger charge is 2.60. The first-order chi connectivity index (χ1) is 14.5. The molecule has 2 aliphatic heterocycles. The first-order valence-electron chi connectivity index (χ1n) is 9.48. The number of ketones is 1. The summed E-state index contributed by atoms with van der Waals surface area (Å²) in [4.78, 5) is 26.8. The molecular formula is C23H16ClN3O3. The molecule has 0 aromatic heterocycles. The number of hydrogen-bond acceptors (Lipinski definition) is 5. The number of allylic oxidation sites excluding steroid dienone is 1. The number of carbonyl (C=O) groups excluding carboxylic acids is 2. The number of nitrogens with one attached hydrogen (secondary N) is 1. The fraction of sp³-hybridized carbons (Fsp3) is 0.174. The molecule has 2 atom stereocenters. The number of ether oxygens (including phenoxy) is 1. The number of Topliss-reactive ketones (excluding diaryl/α,β-unsaturated/α-hetero) is 1. The number of hydrogen-bond donors (Lipinski definition) is 2. The number of carbonyl (C=O) groups is 2. The van der Waals surface area contributed by atoms with E-state index in [2.05, 4.69) is 5.32 Å². The third-order valence-corrected chi connectivity index (χ3v) is 6.24. The van der Waals surface area contributed by atoms with E-state index in [4.69, 9.17) is 22.1 Å². The van der Waals surface area contributed by atoms with Crippen molar-refractivity contribution in [1.82, 2.24) is 0 Å². The molecule has 148 valence electrons. The molecule has 2 aromatic carbocycles. The Bertz CT molecular complexity index is 1240. The van der Waals surface area contributed by atoms with Crippen LogP contribution in [0.15, 0.2) is 71.3 Å². The van der Waals surface area contributed by atoms with E-state index >= 15 is 0 Å². The van der Waals surface area contributed by atoms with Crippen LogP contribution >= 0.6 is 11.6 Å². The number of amides is 1. The van der Waals surface area contributed by atoms with Gasteiger partial charge in [-0.1, -0.05) is 41.9 Å². The van der Waals surface area contributed by atoms with E-state index in [-0.39, 0.29) is 35.2 Å². The number of halogens is 1. The summed E-state index contributed by atoms with van der Waals surface area (Å²) < 4.78 is 5.78. The predicted molar refractivity (Wildman–Crippen MR) is 110 cm³/mol. The fourth-order valence-electron chi connectivity index (χ4n) is 4.77. The molecule has 0 saturated carbocycles. The second kappa shape index (κ2) is 6.48. The molecule has 1 spiro atoms. The summed E-state index contributed by atoms with van der Waals surface area (Å²) in [7, 11) is 0. The Labute approximate surface area is 177 Å². The maximum Gasteiger partial charge on any atom is 0.245 e. The van der Waals surface area contributed by atoms with Crippen LogP contribution in [-0.2, 0) is 19.7 Å². The predicted octanol–water partition coefficient (Wildman–Crippen LogP) is 3.65. The Morgan fingerprint density at radius 2 is 1.97 bits per heavy atom. The van der Waals surface area contributed by atoms with Crippen molar-refractivity contribution in [2.24, 2.45) is 5.73 Å². The zero-order valence-electron chi connectivity index (χ0n) is 15.7. The zero-order chi connectivity index (χ0) is 21.0. The largest absolute Gasteiger partial charge is 0.444 e. The Morgan fingerprint density at radius 1 is 1.17 bits per heavy atom. The van der Waals surface area contributed by atoms with E-state index in [1.807, 2.05) is 24.3 Å². The first-order valence-corrected chi connectivity index (χ1v) is 9.86. The van der Waals surface area contributed by atoms with Crippen molar-refractivity contribution >= 4 is 29.0 Å². The van der Waals surface area contributed by atoms with E-state index in [0.29, 0.717) is 28.5 Å². The van der Waals surface area contributed by atoms with Crippen LogP contribution in [0.25, 0.3) is 0 Å². The van der Waals surface area contributed by atoms with Crippen LogP contribution in [0.4, 0.5) is 5.69 Å². The van der Waals surface area contributed by atoms with Gasteiger partial charge in [0.25, 0.3) is 0 Å². The minimum absolute atomic E-state index is 0.0572. The molecule has 3 N–H and O–H groups in total. The minimum Gasteiger partial charge on any atom is -0.444 e. The summed E-state index contributed by atoms with van der Waals surface area (Å²) in [5.74, 6) is -0.688. The molecule has 0 unspecified atom stereocenters. The summed E-state index contributed by atoms with van der Waals surface area (Å²) in [5.41, 5.74) is 6.68. The van der Waals surface area contributed by atoms with Crippen LogP contribution in [0.3, 0.4) is 0 Å². The molecule has 1 aliphatic carbocycles. The number of nitriles is 1. The summed E-state index contributed by atoms with van der Waals surface area (Å²) in [5, 5.41) is 13.3. The van der Waals surface area contributed by atoms with Gasteiger partial charge in [-0.15, -0.1) is 0 Å². The van der Waals surface area contributed by atoms with Crippen molar-refractivity contribution in [2.45, 2.75) is 24.2 Å². The van der Waals surface area contributed by atoms with Crippen molar-refractivity contribution in [2.75, 3.05) is 5.32 Å². The molecule has 5 rings (SSSR count).